The van der Waals surface area contributed by atoms with Gasteiger partial charge in [0.25, 0.3) is 0 Å². The maximum absolute atomic E-state index is 12.9. The van der Waals surface area contributed by atoms with Gasteiger partial charge < -0.3 is 10.3 Å². The number of carbonyl (C=O) groups is 1. The molecule has 4 nitrogen and oxygen atoms in total. The van der Waals surface area contributed by atoms with Crippen molar-refractivity contribution in [3.8, 4) is 22.5 Å². The summed E-state index contributed by atoms with van der Waals surface area (Å²) in [6.07, 6.45) is 0. The van der Waals surface area contributed by atoms with Gasteiger partial charge in [0.05, 0.1) is 16.6 Å². The highest BCUT2D eigenvalue weighted by atomic mass is 35.5. The zero-order valence-electron chi connectivity index (χ0n) is 19.1. The first-order chi connectivity index (χ1) is 15.8. The number of nitrogens with one attached hydrogen (secondary N) is 2. The number of thioether (sulfide) groups is 1. The van der Waals surface area contributed by atoms with Gasteiger partial charge >= 0.3 is 0 Å². The molecule has 0 bridgehead atoms. The summed E-state index contributed by atoms with van der Waals surface area (Å²) in [5.41, 5.74) is 7.88. The van der Waals surface area contributed by atoms with Gasteiger partial charge in [-0.15, -0.1) is 0 Å². The Labute approximate surface area is 203 Å². The molecule has 33 heavy (non-hydrogen) atoms. The van der Waals surface area contributed by atoms with Crippen LogP contribution in [-0.2, 0) is 4.79 Å². The highest BCUT2D eigenvalue weighted by Gasteiger charge is 2.20. The Hall–Kier alpha value is -3.02. The number of hydrogen-bond donors (Lipinski definition) is 2. The van der Waals surface area contributed by atoms with Crippen LogP contribution in [0, 0.1) is 20.8 Å². The second kappa shape index (κ2) is 9.86. The molecular weight excluding hydrogens is 450 g/mol. The molecule has 168 valence electrons. The molecule has 0 saturated carbocycles. The van der Waals surface area contributed by atoms with Crippen LogP contribution in [0.3, 0.4) is 0 Å². The minimum Gasteiger partial charge on any atom is -0.332 e. The van der Waals surface area contributed by atoms with Gasteiger partial charge in [0.2, 0.25) is 5.91 Å². The van der Waals surface area contributed by atoms with Gasteiger partial charge in [0, 0.05) is 21.8 Å². The van der Waals surface area contributed by atoms with Crippen molar-refractivity contribution in [3.05, 3.63) is 88.4 Å². The lowest BCUT2D eigenvalue weighted by atomic mass is 10.0. The predicted octanol–water partition coefficient (Wildman–Crippen LogP) is 7.44. The quantitative estimate of drug-likeness (QED) is 0.285. The Morgan fingerprint density at radius 2 is 1.55 bits per heavy atom. The first-order valence-corrected chi connectivity index (χ1v) is 12.0. The van der Waals surface area contributed by atoms with Crippen LogP contribution in [0.2, 0.25) is 5.02 Å². The summed E-state index contributed by atoms with van der Waals surface area (Å²) in [4.78, 5) is 21.2. The minimum atomic E-state index is -0.355. The molecule has 1 atom stereocenters. The average Bonchev–Trinajstić information content (AvgIpc) is 3.21. The number of aromatic amines is 1. The number of aryl methyl sites for hydroxylation is 2. The predicted molar refractivity (Wildman–Crippen MR) is 139 cm³/mol. The molecule has 4 rings (SSSR count). The summed E-state index contributed by atoms with van der Waals surface area (Å²) in [5.74, 6) is -0.101. The first-order valence-electron chi connectivity index (χ1n) is 10.8. The number of aromatic nitrogens is 2. The molecule has 4 aromatic rings. The van der Waals surface area contributed by atoms with Gasteiger partial charge in [0.1, 0.15) is 0 Å². The van der Waals surface area contributed by atoms with Gasteiger partial charge in [-0.3, -0.25) is 4.79 Å². The molecule has 0 radical (unpaired) electrons. The Balaban J connectivity index is 1.61. The normalized spacial score (nSPS) is 11.9. The van der Waals surface area contributed by atoms with Gasteiger partial charge in [-0.25, -0.2) is 4.98 Å². The highest BCUT2D eigenvalue weighted by molar-refractivity contribution is 8.00. The van der Waals surface area contributed by atoms with Crippen molar-refractivity contribution in [1.82, 2.24) is 9.97 Å². The standard InChI is InChI=1S/C27H26ClN3OS/c1-16-8-12-20(13-9-16)24-25(21-14-10-17(2)11-15-21)31-27(30-24)33-19(4)26(32)29-23-7-5-6-22(28)18(23)3/h5-15,19H,1-4H3,(H,29,32)(H,30,31). The van der Waals surface area contributed by atoms with Crippen molar-refractivity contribution < 1.29 is 4.79 Å². The van der Waals surface area contributed by atoms with Crippen LogP contribution < -0.4 is 5.32 Å². The van der Waals surface area contributed by atoms with Crippen LogP contribution in [0.25, 0.3) is 22.5 Å². The number of carbonyl (C=O) groups excluding carboxylic acids is 1. The number of anilines is 1. The van der Waals surface area contributed by atoms with E-state index in [0.717, 1.165) is 33.8 Å². The summed E-state index contributed by atoms with van der Waals surface area (Å²) in [5, 5.41) is 3.96. The number of H-pyrrole nitrogens is 1. The molecule has 0 saturated heterocycles. The van der Waals surface area contributed by atoms with Crippen LogP contribution in [0.5, 0.6) is 0 Å². The third-order valence-electron chi connectivity index (χ3n) is 5.53. The van der Waals surface area contributed by atoms with Gasteiger partial charge in [-0.2, -0.15) is 0 Å². The second-order valence-electron chi connectivity index (χ2n) is 8.16. The molecule has 0 spiro atoms. The lowest BCUT2D eigenvalue weighted by molar-refractivity contribution is -0.115. The Bertz CT molecular complexity index is 1220. The van der Waals surface area contributed by atoms with E-state index in [-0.39, 0.29) is 11.2 Å². The fraction of sp³-hybridized carbons (Fsp3) is 0.185. The van der Waals surface area contributed by atoms with Crippen LogP contribution in [0.15, 0.2) is 71.9 Å². The van der Waals surface area contributed by atoms with E-state index in [1.807, 2.05) is 32.0 Å². The Morgan fingerprint density at radius 3 is 2.18 bits per heavy atom. The lowest BCUT2D eigenvalue weighted by Gasteiger charge is -2.13. The van der Waals surface area contributed by atoms with Gasteiger partial charge in [0.15, 0.2) is 5.16 Å². The molecule has 1 aromatic heterocycles. The average molecular weight is 476 g/mol. The van der Waals surface area contributed by atoms with Crippen LogP contribution >= 0.6 is 23.4 Å². The van der Waals surface area contributed by atoms with Crippen molar-refractivity contribution >= 4 is 35.0 Å². The van der Waals surface area contributed by atoms with E-state index < -0.39 is 0 Å². The molecule has 1 amide bonds. The smallest absolute Gasteiger partial charge is 0.237 e. The Morgan fingerprint density at radius 1 is 0.939 bits per heavy atom. The topological polar surface area (TPSA) is 57.8 Å². The molecule has 0 aliphatic carbocycles. The van der Waals surface area contributed by atoms with Crippen molar-refractivity contribution in [3.63, 3.8) is 0 Å². The number of rotatable bonds is 6. The van der Waals surface area contributed by atoms with E-state index in [0.29, 0.717) is 10.2 Å². The van der Waals surface area contributed by atoms with Crippen molar-refractivity contribution in [2.45, 2.75) is 38.1 Å². The maximum Gasteiger partial charge on any atom is 0.237 e. The summed E-state index contributed by atoms with van der Waals surface area (Å²) >= 11 is 7.59. The maximum atomic E-state index is 12.9. The number of benzene rings is 3. The molecular formula is C27H26ClN3OS. The van der Waals surface area contributed by atoms with Crippen molar-refractivity contribution in [2.75, 3.05) is 5.32 Å². The number of halogens is 1. The van der Waals surface area contributed by atoms with E-state index in [1.54, 1.807) is 0 Å². The number of hydrogen-bond acceptors (Lipinski definition) is 3. The lowest BCUT2D eigenvalue weighted by Crippen LogP contribution is -2.23. The number of imidazole rings is 1. The third-order valence-corrected chi connectivity index (χ3v) is 6.92. The van der Waals surface area contributed by atoms with Crippen LogP contribution in [0.1, 0.15) is 23.6 Å². The molecule has 6 heteroatoms. The van der Waals surface area contributed by atoms with Crippen LogP contribution in [0.4, 0.5) is 5.69 Å². The first kappa shape index (κ1) is 23.1. The van der Waals surface area contributed by atoms with E-state index in [1.165, 1.54) is 22.9 Å². The molecule has 3 aromatic carbocycles. The molecule has 0 fully saturated rings. The highest BCUT2D eigenvalue weighted by Crippen LogP contribution is 2.34. The van der Waals surface area contributed by atoms with Crippen molar-refractivity contribution in [2.24, 2.45) is 0 Å². The summed E-state index contributed by atoms with van der Waals surface area (Å²) < 4.78 is 0. The molecule has 0 aliphatic heterocycles. The molecule has 1 unspecified atom stereocenters. The fourth-order valence-corrected chi connectivity index (χ4v) is 4.44. The minimum absolute atomic E-state index is 0.101. The Kier molecular flexibility index (Phi) is 6.91. The summed E-state index contributed by atoms with van der Waals surface area (Å²) in [6, 6.07) is 22.2. The number of amides is 1. The fourth-order valence-electron chi connectivity index (χ4n) is 3.45. The zero-order valence-corrected chi connectivity index (χ0v) is 20.6. The molecule has 0 aliphatic rings. The van der Waals surface area contributed by atoms with Crippen molar-refractivity contribution in [1.29, 1.82) is 0 Å². The van der Waals surface area contributed by atoms with Gasteiger partial charge in [-0.05, 0) is 45.4 Å². The largest absolute Gasteiger partial charge is 0.332 e. The van der Waals surface area contributed by atoms with Gasteiger partial charge in [-0.1, -0.05) is 89.1 Å². The van der Waals surface area contributed by atoms with E-state index >= 15 is 0 Å². The second-order valence-corrected chi connectivity index (χ2v) is 9.90. The monoisotopic (exact) mass is 475 g/mol. The number of nitrogens with zero attached hydrogens (tertiary/aromatic N) is 1. The SMILES string of the molecule is Cc1ccc(-c2nc(SC(C)C(=O)Nc3cccc(Cl)c3C)[nH]c2-c2ccc(C)cc2)cc1. The third kappa shape index (κ3) is 5.32. The summed E-state index contributed by atoms with van der Waals surface area (Å²) in [6.45, 7) is 7.91. The van der Waals surface area contributed by atoms with E-state index in [9.17, 15) is 4.79 Å². The molecule has 1 heterocycles. The summed E-state index contributed by atoms with van der Waals surface area (Å²) in [7, 11) is 0. The zero-order chi connectivity index (χ0) is 23.5. The van der Waals surface area contributed by atoms with Crippen LogP contribution in [-0.4, -0.2) is 21.1 Å². The molecule has 2 N–H and O–H groups in total. The van der Waals surface area contributed by atoms with E-state index in [2.05, 4.69) is 72.7 Å². The van der Waals surface area contributed by atoms with E-state index in [4.69, 9.17) is 16.6 Å².